The molecule has 2 aliphatic rings. The molecule has 1 aromatic carbocycles. The summed E-state index contributed by atoms with van der Waals surface area (Å²) in [7, 11) is 0. The first kappa shape index (κ1) is 22.9. The minimum Gasteiger partial charge on any atom is -0.463 e. The van der Waals surface area contributed by atoms with Gasteiger partial charge in [-0.05, 0) is 46.3 Å². The zero-order chi connectivity index (χ0) is 21.8. The summed E-state index contributed by atoms with van der Waals surface area (Å²) in [6, 6.07) is 9.90. The maximum absolute atomic E-state index is 11.8. The number of carbonyl (C=O) groups excluding carboxylic acids is 1. The Labute approximate surface area is 178 Å². The van der Waals surface area contributed by atoms with Crippen LogP contribution >= 0.6 is 0 Å². The molecule has 0 saturated carbocycles. The van der Waals surface area contributed by atoms with Crippen molar-refractivity contribution in [1.82, 2.24) is 0 Å². The molecule has 0 aromatic heterocycles. The van der Waals surface area contributed by atoms with E-state index in [9.17, 15) is 4.79 Å². The Kier molecular flexibility index (Phi) is 7.31. The fraction of sp³-hybridized carbons (Fsp3) is 0.609. The lowest BCUT2D eigenvalue weighted by Crippen LogP contribution is -2.46. The second-order valence-electron chi connectivity index (χ2n) is 8.30. The molecule has 2 fully saturated rings. The summed E-state index contributed by atoms with van der Waals surface area (Å²) in [5, 5.41) is 0. The summed E-state index contributed by atoms with van der Waals surface area (Å²) >= 11 is 0. The van der Waals surface area contributed by atoms with Crippen molar-refractivity contribution < 1.29 is 33.2 Å². The number of esters is 1. The number of hydrogen-bond acceptors (Lipinski definition) is 7. The molecular formula is C23H32O7. The molecule has 1 aromatic rings. The molecule has 0 N–H and O–H groups in total. The van der Waals surface area contributed by atoms with Crippen LogP contribution in [0.3, 0.4) is 0 Å². The van der Waals surface area contributed by atoms with Gasteiger partial charge in [-0.2, -0.15) is 0 Å². The summed E-state index contributed by atoms with van der Waals surface area (Å²) in [4.78, 5) is 11.8. The van der Waals surface area contributed by atoms with Crippen LogP contribution in [0.1, 0.15) is 40.2 Å². The first-order valence-electron chi connectivity index (χ1n) is 10.4. The van der Waals surface area contributed by atoms with E-state index >= 15 is 0 Å². The van der Waals surface area contributed by atoms with Crippen LogP contribution in [0, 0.1) is 0 Å². The summed E-state index contributed by atoms with van der Waals surface area (Å²) in [6.45, 7) is 10.3. The number of benzene rings is 1. The lowest BCUT2D eigenvalue weighted by molar-refractivity contribution is -0.190. The van der Waals surface area contributed by atoms with E-state index in [1.54, 1.807) is 13.0 Å². The number of hydrogen-bond donors (Lipinski definition) is 0. The van der Waals surface area contributed by atoms with Gasteiger partial charge in [0.05, 0.1) is 19.8 Å². The van der Waals surface area contributed by atoms with Gasteiger partial charge in [-0.3, -0.25) is 0 Å². The molecule has 4 atom stereocenters. The molecule has 3 rings (SSSR count). The third kappa shape index (κ3) is 6.12. The quantitative estimate of drug-likeness (QED) is 0.472. The van der Waals surface area contributed by atoms with Crippen molar-refractivity contribution in [2.45, 2.75) is 77.2 Å². The molecule has 2 aliphatic heterocycles. The third-order valence-corrected chi connectivity index (χ3v) is 4.88. The van der Waals surface area contributed by atoms with Crippen LogP contribution in [0.15, 0.2) is 42.5 Å². The molecule has 2 heterocycles. The van der Waals surface area contributed by atoms with E-state index in [1.165, 1.54) is 6.08 Å². The summed E-state index contributed by atoms with van der Waals surface area (Å²) < 4.78 is 35.4. The number of carbonyl (C=O) groups is 1. The van der Waals surface area contributed by atoms with E-state index < -0.39 is 35.9 Å². The maximum atomic E-state index is 11.8. The van der Waals surface area contributed by atoms with E-state index in [2.05, 4.69) is 0 Å². The summed E-state index contributed by atoms with van der Waals surface area (Å²) in [6.07, 6.45) is 1.23. The molecule has 30 heavy (non-hydrogen) atoms. The molecule has 0 spiro atoms. The molecule has 0 radical (unpaired) electrons. The van der Waals surface area contributed by atoms with E-state index in [0.29, 0.717) is 19.8 Å². The van der Waals surface area contributed by atoms with Gasteiger partial charge < -0.3 is 28.4 Å². The van der Waals surface area contributed by atoms with Gasteiger partial charge in [-0.15, -0.1) is 0 Å². The first-order valence-corrected chi connectivity index (χ1v) is 10.4. The van der Waals surface area contributed by atoms with Crippen molar-refractivity contribution in [3.63, 3.8) is 0 Å². The van der Waals surface area contributed by atoms with E-state index in [0.717, 1.165) is 5.56 Å². The van der Waals surface area contributed by atoms with Crippen molar-refractivity contribution in [3.05, 3.63) is 48.0 Å². The van der Waals surface area contributed by atoms with Gasteiger partial charge >= 0.3 is 5.97 Å². The Balaban J connectivity index is 1.80. The van der Waals surface area contributed by atoms with Crippen LogP contribution in [0.4, 0.5) is 0 Å². The Morgan fingerprint density at radius 1 is 1.13 bits per heavy atom. The highest BCUT2D eigenvalue weighted by atomic mass is 16.8. The minimum absolute atomic E-state index is 0.311. The fourth-order valence-electron chi connectivity index (χ4n) is 3.64. The lowest BCUT2D eigenvalue weighted by Gasteiger charge is -2.30. The monoisotopic (exact) mass is 420 g/mol. The molecule has 7 heteroatoms. The Bertz CT molecular complexity index is 728. The van der Waals surface area contributed by atoms with E-state index in [4.69, 9.17) is 28.4 Å². The Morgan fingerprint density at radius 3 is 2.50 bits per heavy atom. The zero-order valence-electron chi connectivity index (χ0n) is 18.3. The average molecular weight is 421 g/mol. The zero-order valence-corrected chi connectivity index (χ0v) is 18.3. The van der Waals surface area contributed by atoms with Gasteiger partial charge in [0, 0.05) is 6.08 Å². The predicted octanol–water partition coefficient (Wildman–Crippen LogP) is 3.36. The Morgan fingerprint density at radius 2 is 1.87 bits per heavy atom. The molecule has 0 amide bonds. The van der Waals surface area contributed by atoms with Gasteiger partial charge in [-0.1, -0.05) is 30.3 Å². The first-order chi connectivity index (χ1) is 14.2. The molecule has 166 valence electrons. The minimum atomic E-state index is -0.836. The smallest absolute Gasteiger partial charge is 0.330 e. The second kappa shape index (κ2) is 9.58. The topological polar surface area (TPSA) is 72.5 Å². The van der Waals surface area contributed by atoms with Gasteiger partial charge in [0.15, 0.2) is 11.6 Å². The molecule has 7 nitrogen and oxygen atoms in total. The molecule has 2 saturated heterocycles. The van der Waals surface area contributed by atoms with E-state index in [1.807, 2.05) is 58.0 Å². The number of rotatable bonds is 8. The van der Waals surface area contributed by atoms with Gasteiger partial charge in [0.25, 0.3) is 0 Å². The van der Waals surface area contributed by atoms with Crippen LogP contribution in [-0.4, -0.2) is 55.2 Å². The highest BCUT2D eigenvalue weighted by Gasteiger charge is 2.50. The van der Waals surface area contributed by atoms with Crippen LogP contribution in [0.25, 0.3) is 0 Å². The molecule has 0 unspecified atom stereocenters. The lowest BCUT2D eigenvalue weighted by atomic mass is 10.0. The average Bonchev–Trinajstić information content (AvgIpc) is 3.20. The summed E-state index contributed by atoms with van der Waals surface area (Å²) in [5.74, 6) is -1.96. The van der Waals surface area contributed by atoms with E-state index in [-0.39, 0.29) is 6.10 Å². The highest BCUT2D eigenvalue weighted by molar-refractivity contribution is 5.81. The predicted molar refractivity (Wildman–Crippen MR) is 110 cm³/mol. The molecular weight excluding hydrogens is 388 g/mol. The third-order valence-electron chi connectivity index (χ3n) is 4.88. The van der Waals surface area contributed by atoms with Crippen LogP contribution < -0.4 is 0 Å². The van der Waals surface area contributed by atoms with Crippen LogP contribution in [0.5, 0.6) is 0 Å². The second-order valence-corrected chi connectivity index (χ2v) is 8.30. The standard InChI is InChI=1S/C23H32O7/c1-6-25-19(24)13-12-17-21(30-23(4,5)28-17)20(18-15-27-22(2,3)29-18)26-14-16-10-8-7-9-11-16/h7-13,17-18,20-21H,6,14-15H2,1-5H3/b13-12+/t17-,18-,20-,21-/m1/s1. The van der Waals surface area contributed by atoms with Gasteiger partial charge in [-0.25, -0.2) is 4.79 Å². The molecule has 0 bridgehead atoms. The maximum Gasteiger partial charge on any atom is 0.330 e. The summed E-state index contributed by atoms with van der Waals surface area (Å²) in [5.41, 5.74) is 1.04. The van der Waals surface area contributed by atoms with Crippen molar-refractivity contribution in [2.24, 2.45) is 0 Å². The van der Waals surface area contributed by atoms with Gasteiger partial charge in [0.2, 0.25) is 0 Å². The Hall–Kier alpha value is -1.77. The van der Waals surface area contributed by atoms with Crippen LogP contribution in [-0.2, 0) is 39.8 Å². The largest absolute Gasteiger partial charge is 0.463 e. The SMILES string of the molecule is CCOC(=O)/C=C/[C@H]1OC(C)(C)O[C@H]1[C@H](OCc1ccccc1)[C@H]1COC(C)(C)O1. The van der Waals surface area contributed by atoms with Crippen molar-refractivity contribution in [3.8, 4) is 0 Å². The fourth-order valence-corrected chi connectivity index (χ4v) is 3.64. The number of ether oxygens (including phenoxy) is 6. The van der Waals surface area contributed by atoms with Crippen molar-refractivity contribution in [2.75, 3.05) is 13.2 Å². The van der Waals surface area contributed by atoms with Crippen LogP contribution in [0.2, 0.25) is 0 Å². The highest BCUT2D eigenvalue weighted by Crippen LogP contribution is 2.36. The molecule has 0 aliphatic carbocycles. The van der Waals surface area contributed by atoms with Crippen molar-refractivity contribution >= 4 is 5.97 Å². The normalized spacial score (nSPS) is 28.6. The van der Waals surface area contributed by atoms with Gasteiger partial charge in [0.1, 0.15) is 24.4 Å². The van der Waals surface area contributed by atoms with Crippen molar-refractivity contribution in [1.29, 1.82) is 0 Å².